The van der Waals surface area contributed by atoms with E-state index in [4.69, 9.17) is 5.73 Å². The van der Waals surface area contributed by atoms with Crippen molar-refractivity contribution in [3.05, 3.63) is 35.4 Å². The summed E-state index contributed by atoms with van der Waals surface area (Å²) >= 11 is 0. The van der Waals surface area contributed by atoms with Crippen LogP contribution < -0.4 is 11.1 Å². The molecule has 0 spiro atoms. The van der Waals surface area contributed by atoms with E-state index >= 15 is 0 Å². The number of carbonyl (C=O) groups is 1. The predicted octanol–water partition coefficient (Wildman–Crippen LogP) is 2.45. The molecule has 1 aromatic carbocycles. The van der Waals surface area contributed by atoms with Gasteiger partial charge >= 0.3 is 6.18 Å². The van der Waals surface area contributed by atoms with E-state index in [1.165, 1.54) is 12.1 Å². The Morgan fingerprint density at radius 3 is 2.35 bits per heavy atom. The van der Waals surface area contributed by atoms with Crippen LogP contribution in [0.15, 0.2) is 24.3 Å². The Balaban J connectivity index is 3.06. The zero-order valence-electron chi connectivity index (χ0n) is 11.7. The van der Waals surface area contributed by atoms with E-state index < -0.39 is 17.2 Å². The molecule has 0 fully saturated rings. The summed E-state index contributed by atoms with van der Waals surface area (Å²) in [5.41, 5.74) is 3.91. The van der Waals surface area contributed by atoms with Crippen molar-refractivity contribution in [3.8, 4) is 0 Å². The molecule has 0 heterocycles. The highest BCUT2D eigenvalue weighted by molar-refractivity contribution is 5.87. The lowest BCUT2D eigenvalue weighted by Crippen LogP contribution is -2.46. The minimum Gasteiger partial charge on any atom is -0.352 e. The Bertz CT molecular complexity index is 484. The van der Waals surface area contributed by atoms with Gasteiger partial charge in [0.2, 0.25) is 5.91 Å². The Morgan fingerprint density at radius 2 is 1.85 bits per heavy atom. The molecule has 112 valence electrons. The molecule has 0 bridgehead atoms. The van der Waals surface area contributed by atoms with E-state index in [2.05, 4.69) is 5.32 Å². The monoisotopic (exact) mass is 288 g/mol. The first-order valence-corrected chi connectivity index (χ1v) is 6.27. The molecule has 3 nitrogen and oxygen atoms in total. The van der Waals surface area contributed by atoms with Gasteiger partial charge in [-0.2, -0.15) is 13.2 Å². The quantitative estimate of drug-likeness (QED) is 0.894. The minimum absolute atomic E-state index is 0.229. The predicted molar refractivity (Wildman–Crippen MR) is 71.1 cm³/mol. The summed E-state index contributed by atoms with van der Waals surface area (Å²) in [6.07, 6.45) is -4.42. The summed E-state index contributed by atoms with van der Waals surface area (Å²) in [5, 5.41) is 2.68. The van der Waals surface area contributed by atoms with Gasteiger partial charge in [0.1, 0.15) is 0 Å². The highest BCUT2D eigenvalue weighted by Gasteiger charge is 2.35. The van der Waals surface area contributed by atoms with Gasteiger partial charge in [-0.1, -0.05) is 18.2 Å². The van der Waals surface area contributed by atoms with Gasteiger partial charge in [0.05, 0.1) is 11.0 Å². The third kappa shape index (κ3) is 3.72. The van der Waals surface area contributed by atoms with Crippen molar-refractivity contribution < 1.29 is 18.0 Å². The summed E-state index contributed by atoms with van der Waals surface area (Å²) in [7, 11) is 0. The van der Waals surface area contributed by atoms with E-state index in [1.54, 1.807) is 20.8 Å². The van der Waals surface area contributed by atoms with E-state index in [0.717, 1.165) is 12.1 Å². The first-order valence-electron chi connectivity index (χ1n) is 6.27. The Morgan fingerprint density at radius 1 is 1.30 bits per heavy atom. The van der Waals surface area contributed by atoms with Crippen molar-refractivity contribution in [3.63, 3.8) is 0 Å². The summed E-state index contributed by atoms with van der Waals surface area (Å²) < 4.78 is 38.1. The molecule has 0 saturated carbocycles. The number of benzene rings is 1. The first-order chi connectivity index (χ1) is 9.09. The lowest BCUT2D eigenvalue weighted by molar-refractivity contribution is -0.138. The maximum atomic E-state index is 12.7. The number of hydrogen-bond donors (Lipinski definition) is 2. The van der Waals surface area contributed by atoms with Gasteiger partial charge in [0, 0.05) is 12.6 Å². The molecule has 1 atom stereocenters. The van der Waals surface area contributed by atoms with Crippen molar-refractivity contribution in [1.29, 1.82) is 0 Å². The molecule has 1 rings (SSSR count). The van der Waals surface area contributed by atoms with Crippen LogP contribution in [0.25, 0.3) is 0 Å². The fraction of sp³-hybridized carbons (Fsp3) is 0.500. The average Bonchev–Trinajstić information content (AvgIpc) is 2.37. The zero-order chi connectivity index (χ0) is 15.6. The third-order valence-corrected chi connectivity index (χ3v) is 3.21. The molecule has 0 aromatic heterocycles. The number of nitrogens with one attached hydrogen (secondary N) is 1. The molecule has 3 N–H and O–H groups in total. The van der Waals surface area contributed by atoms with Crippen LogP contribution in [0.3, 0.4) is 0 Å². The van der Waals surface area contributed by atoms with Crippen LogP contribution in [-0.2, 0) is 16.4 Å². The molecule has 1 amide bonds. The maximum Gasteiger partial charge on any atom is 0.416 e. The molecular weight excluding hydrogens is 269 g/mol. The lowest BCUT2D eigenvalue weighted by Gasteiger charge is -2.26. The van der Waals surface area contributed by atoms with Crippen LogP contribution >= 0.6 is 0 Å². The second-order valence-electron chi connectivity index (χ2n) is 5.31. The van der Waals surface area contributed by atoms with Crippen molar-refractivity contribution >= 4 is 5.91 Å². The first kappa shape index (κ1) is 16.5. The number of amides is 1. The van der Waals surface area contributed by atoms with E-state index in [9.17, 15) is 18.0 Å². The SMILES string of the molecule is C[C@@H](CN)NC(=O)C(C)(C)c1cccc(C(F)(F)F)c1. The standard InChI is InChI=1S/C14H19F3N2O/c1-9(8-18)19-12(20)13(2,3)10-5-4-6-11(7-10)14(15,16)17/h4-7,9H,8,18H2,1-3H3,(H,19,20)/t9-/m0/s1. The number of carbonyl (C=O) groups excluding carboxylic acids is 1. The van der Waals surface area contributed by atoms with Crippen molar-refractivity contribution in [2.75, 3.05) is 6.54 Å². The van der Waals surface area contributed by atoms with Crippen LogP contribution in [0.2, 0.25) is 0 Å². The average molecular weight is 288 g/mol. The van der Waals surface area contributed by atoms with E-state index in [1.807, 2.05) is 0 Å². The number of nitrogens with two attached hydrogens (primary N) is 1. The Kier molecular flexibility index (Phi) is 4.81. The number of alkyl halides is 3. The number of rotatable bonds is 4. The smallest absolute Gasteiger partial charge is 0.352 e. The Hall–Kier alpha value is -1.56. The van der Waals surface area contributed by atoms with Crippen molar-refractivity contribution in [2.45, 2.75) is 38.4 Å². The van der Waals surface area contributed by atoms with Crippen LogP contribution in [0.4, 0.5) is 13.2 Å². The summed E-state index contributed by atoms with van der Waals surface area (Å²) in [6, 6.07) is 4.58. The molecule has 20 heavy (non-hydrogen) atoms. The topological polar surface area (TPSA) is 55.1 Å². The molecule has 0 aliphatic carbocycles. The molecule has 0 unspecified atom stereocenters. The summed E-state index contributed by atoms with van der Waals surface area (Å²) in [6.45, 7) is 5.17. The highest BCUT2D eigenvalue weighted by atomic mass is 19.4. The van der Waals surface area contributed by atoms with E-state index in [0.29, 0.717) is 5.56 Å². The molecule has 1 aromatic rings. The van der Waals surface area contributed by atoms with Gasteiger partial charge in [0.15, 0.2) is 0 Å². The lowest BCUT2D eigenvalue weighted by atomic mass is 9.82. The third-order valence-electron chi connectivity index (χ3n) is 3.21. The molecule has 6 heteroatoms. The normalized spacial score (nSPS) is 13.9. The van der Waals surface area contributed by atoms with Crippen LogP contribution in [0.1, 0.15) is 31.9 Å². The van der Waals surface area contributed by atoms with Gasteiger partial charge in [0.25, 0.3) is 0 Å². The molecule has 0 aliphatic heterocycles. The van der Waals surface area contributed by atoms with Crippen LogP contribution in [-0.4, -0.2) is 18.5 Å². The fourth-order valence-electron chi connectivity index (χ4n) is 1.68. The fourth-order valence-corrected chi connectivity index (χ4v) is 1.68. The van der Waals surface area contributed by atoms with Gasteiger partial charge < -0.3 is 11.1 Å². The molecular formula is C14H19F3N2O. The highest BCUT2D eigenvalue weighted by Crippen LogP contribution is 2.32. The molecule has 0 saturated heterocycles. The second-order valence-corrected chi connectivity index (χ2v) is 5.31. The molecule has 0 aliphatic rings. The maximum absolute atomic E-state index is 12.7. The summed E-state index contributed by atoms with van der Waals surface area (Å²) in [5.74, 6) is -0.352. The van der Waals surface area contributed by atoms with Gasteiger partial charge in [-0.25, -0.2) is 0 Å². The van der Waals surface area contributed by atoms with Crippen molar-refractivity contribution in [2.24, 2.45) is 5.73 Å². The number of hydrogen-bond acceptors (Lipinski definition) is 2. The number of halogens is 3. The zero-order valence-corrected chi connectivity index (χ0v) is 11.7. The minimum atomic E-state index is -4.42. The Labute approximate surface area is 116 Å². The second kappa shape index (κ2) is 5.83. The van der Waals surface area contributed by atoms with Crippen molar-refractivity contribution in [1.82, 2.24) is 5.32 Å². The van der Waals surface area contributed by atoms with Gasteiger partial charge in [-0.05, 0) is 32.4 Å². The van der Waals surface area contributed by atoms with Crippen LogP contribution in [0, 0.1) is 0 Å². The van der Waals surface area contributed by atoms with E-state index in [-0.39, 0.29) is 18.5 Å². The molecule has 0 radical (unpaired) electrons. The van der Waals surface area contributed by atoms with Crippen LogP contribution in [0.5, 0.6) is 0 Å². The van der Waals surface area contributed by atoms with Gasteiger partial charge in [-0.15, -0.1) is 0 Å². The largest absolute Gasteiger partial charge is 0.416 e. The summed E-state index contributed by atoms with van der Waals surface area (Å²) in [4.78, 5) is 12.1. The van der Waals surface area contributed by atoms with Gasteiger partial charge in [-0.3, -0.25) is 4.79 Å².